The number of benzene rings is 2. The molecule has 0 amide bonds. The first-order valence-electron chi connectivity index (χ1n) is 7.57. The number of hydrogen-bond donors (Lipinski definition) is 1. The third-order valence-electron chi connectivity index (χ3n) is 3.76. The van der Waals surface area contributed by atoms with E-state index in [1.165, 1.54) is 0 Å². The van der Waals surface area contributed by atoms with Crippen LogP contribution in [0.25, 0.3) is 11.0 Å². The van der Waals surface area contributed by atoms with Crippen LogP contribution >= 0.6 is 0 Å². The summed E-state index contributed by atoms with van der Waals surface area (Å²) in [4.78, 5) is 16.2. The second kappa shape index (κ2) is 6.52. The van der Waals surface area contributed by atoms with Gasteiger partial charge in [0.15, 0.2) is 0 Å². The standard InChI is InChI=1S/C18H18N2O3/c1-2-15(18(21)22)20-16-11-7-6-10-14(16)19-17(20)12-23-13-8-4-3-5-9-13/h3-11,15H,2,12H2,1H3,(H,21,22). The molecular formula is C18H18N2O3. The van der Waals surface area contributed by atoms with Crippen LogP contribution in [0.2, 0.25) is 0 Å². The zero-order valence-electron chi connectivity index (χ0n) is 12.8. The highest BCUT2D eigenvalue weighted by atomic mass is 16.5. The van der Waals surface area contributed by atoms with E-state index in [0.717, 1.165) is 16.8 Å². The number of rotatable bonds is 6. The molecule has 0 radical (unpaired) electrons. The second-order valence-corrected chi connectivity index (χ2v) is 5.25. The summed E-state index contributed by atoms with van der Waals surface area (Å²) in [5.74, 6) is 0.482. The number of hydrogen-bond acceptors (Lipinski definition) is 3. The summed E-state index contributed by atoms with van der Waals surface area (Å²) in [6.45, 7) is 2.08. The fourth-order valence-electron chi connectivity index (χ4n) is 2.68. The summed E-state index contributed by atoms with van der Waals surface area (Å²) in [5.41, 5.74) is 1.59. The molecule has 1 aromatic heterocycles. The lowest BCUT2D eigenvalue weighted by molar-refractivity contribution is -0.141. The highest BCUT2D eigenvalue weighted by molar-refractivity contribution is 5.80. The van der Waals surface area contributed by atoms with E-state index in [2.05, 4.69) is 4.98 Å². The van der Waals surface area contributed by atoms with Crippen LogP contribution in [0.3, 0.4) is 0 Å². The SMILES string of the molecule is CCC(C(=O)O)n1c(COc2ccccc2)nc2ccccc21. The van der Waals surface area contributed by atoms with Gasteiger partial charge in [0.1, 0.15) is 24.2 Å². The molecule has 2 aromatic carbocycles. The van der Waals surface area contributed by atoms with Gasteiger partial charge in [0.25, 0.3) is 0 Å². The van der Waals surface area contributed by atoms with Crippen molar-refractivity contribution in [2.24, 2.45) is 0 Å². The van der Waals surface area contributed by atoms with Crippen LogP contribution in [0.1, 0.15) is 25.2 Å². The van der Waals surface area contributed by atoms with Crippen molar-refractivity contribution in [3.8, 4) is 5.75 Å². The summed E-state index contributed by atoms with van der Waals surface area (Å²) in [5, 5.41) is 9.52. The first-order chi connectivity index (χ1) is 11.2. The summed E-state index contributed by atoms with van der Waals surface area (Å²) in [6, 6.07) is 16.3. The number of ether oxygens (including phenoxy) is 1. The molecule has 23 heavy (non-hydrogen) atoms. The molecule has 0 bridgehead atoms. The summed E-state index contributed by atoms with van der Waals surface area (Å²) in [7, 11) is 0. The Bertz CT molecular complexity index is 812. The van der Waals surface area contributed by atoms with Gasteiger partial charge in [-0.15, -0.1) is 0 Å². The van der Waals surface area contributed by atoms with Crippen molar-refractivity contribution in [3.05, 3.63) is 60.4 Å². The number of carbonyl (C=O) groups is 1. The third kappa shape index (κ3) is 3.04. The van der Waals surface area contributed by atoms with E-state index >= 15 is 0 Å². The lowest BCUT2D eigenvalue weighted by Crippen LogP contribution is -2.21. The normalized spacial score (nSPS) is 12.2. The first kappa shape index (κ1) is 15.1. The molecular weight excluding hydrogens is 292 g/mol. The van der Waals surface area contributed by atoms with Gasteiger partial charge in [-0.1, -0.05) is 37.3 Å². The van der Waals surface area contributed by atoms with E-state index < -0.39 is 12.0 Å². The van der Waals surface area contributed by atoms with Gasteiger partial charge in [-0.3, -0.25) is 0 Å². The molecule has 0 aliphatic rings. The van der Waals surface area contributed by atoms with E-state index in [-0.39, 0.29) is 6.61 Å². The van der Waals surface area contributed by atoms with Crippen molar-refractivity contribution in [2.45, 2.75) is 26.0 Å². The molecule has 1 N–H and O–H groups in total. The lowest BCUT2D eigenvalue weighted by atomic mass is 10.2. The Kier molecular flexibility index (Phi) is 4.28. The van der Waals surface area contributed by atoms with Gasteiger partial charge in [0.2, 0.25) is 0 Å². The summed E-state index contributed by atoms with van der Waals surface area (Å²) >= 11 is 0. The van der Waals surface area contributed by atoms with E-state index in [4.69, 9.17) is 4.74 Å². The van der Waals surface area contributed by atoms with Crippen LogP contribution in [0.5, 0.6) is 5.75 Å². The molecule has 0 saturated heterocycles. The van der Waals surface area contributed by atoms with Gasteiger partial charge < -0.3 is 14.4 Å². The Morgan fingerprint density at radius 1 is 1.17 bits per heavy atom. The van der Waals surface area contributed by atoms with Crippen molar-refractivity contribution >= 4 is 17.0 Å². The minimum Gasteiger partial charge on any atom is -0.486 e. The van der Waals surface area contributed by atoms with E-state index in [9.17, 15) is 9.90 Å². The summed E-state index contributed by atoms with van der Waals surface area (Å²) < 4.78 is 7.52. The van der Waals surface area contributed by atoms with E-state index in [0.29, 0.717) is 12.2 Å². The molecule has 1 heterocycles. The molecule has 5 nitrogen and oxygen atoms in total. The maximum Gasteiger partial charge on any atom is 0.326 e. The molecule has 3 aromatic rings. The maximum atomic E-state index is 11.6. The molecule has 3 rings (SSSR count). The molecule has 118 valence electrons. The first-order valence-corrected chi connectivity index (χ1v) is 7.57. The average molecular weight is 310 g/mol. The van der Waals surface area contributed by atoms with Crippen molar-refractivity contribution in [3.63, 3.8) is 0 Å². The van der Waals surface area contributed by atoms with Crippen molar-refractivity contribution in [2.75, 3.05) is 0 Å². The molecule has 0 aliphatic heterocycles. The van der Waals surface area contributed by atoms with Gasteiger partial charge in [-0.25, -0.2) is 9.78 Å². The van der Waals surface area contributed by atoms with Crippen LogP contribution in [0.4, 0.5) is 0 Å². The molecule has 5 heteroatoms. The Morgan fingerprint density at radius 3 is 2.57 bits per heavy atom. The van der Waals surface area contributed by atoms with Gasteiger partial charge in [-0.2, -0.15) is 0 Å². The lowest BCUT2D eigenvalue weighted by Gasteiger charge is -2.16. The fourth-order valence-corrected chi connectivity index (χ4v) is 2.68. The van der Waals surface area contributed by atoms with Crippen LogP contribution in [0, 0.1) is 0 Å². The van der Waals surface area contributed by atoms with Crippen molar-refractivity contribution in [1.29, 1.82) is 0 Å². The number of carboxylic acids is 1. The van der Waals surface area contributed by atoms with Crippen LogP contribution in [-0.2, 0) is 11.4 Å². The largest absolute Gasteiger partial charge is 0.486 e. The molecule has 1 unspecified atom stereocenters. The van der Waals surface area contributed by atoms with E-state index in [1.807, 2.05) is 61.5 Å². The Balaban J connectivity index is 1.99. The predicted molar refractivity (Wildman–Crippen MR) is 87.5 cm³/mol. The number of para-hydroxylation sites is 3. The highest BCUT2D eigenvalue weighted by Gasteiger charge is 2.23. The zero-order chi connectivity index (χ0) is 16.2. The number of imidazole rings is 1. The van der Waals surface area contributed by atoms with Gasteiger partial charge in [-0.05, 0) is 30.7 Å². The minimum atomic E-state index is -0.864. The van der Waals surface area contributed by atoms with E-state index in [1.54, 1.807) is 4.57 Å². The number of fused-ring (bicyclic) bond motifs is 1. The van der Waals surface area contributed by atoms with Crippen LogP contribution in [-0.4, -0.2) is 20.6 Å². The molecule has 0 saturated carbocycles. The quantitative estimate of drug-likeness (QED) is 0.755. The Labute approximate surface area is 134 Å². The maximum absolute atomic E-state index is 11.6. The second-order valence-electron chi connectivity index (χ2n) is 5.25. The van der Waals surface area contributed by atoms with Crippen molar-refractivity contribution in [1.82, 2.24) is 9.55 Å². The number of nitrogens with zero attached hydrogens (tertiary/aromatic N) is 2. The predicted octanol–water partition coefficient (Wildman–Crippen LogP) is 3.65. The monoisotopic (exact) mass is 310 g/mol. The van der Waals surface area contributed by atoms with Gasteiger partial charge in [0.05, 0.1) is 11.0 Å². The Hall–Kier alpha value is -2.82. The van der Waals surface area contributed by atoms with Crippen LogP contribution < -0.4 is 4.74 Å². The van der Waals surface area contributed by atoms with Crippen molar-refractivity contribution < 1.29 is 14.6 Å². The number of aromatic nitrogens is 2. The molecule has 1 atom stereocenters. The minimum absolute atomic E-state index is 0.225. The smallest absolute Gasteiger partial charge is 0.326 e. The highest BCUT2D eigenvalue weighted by Crippen LogP contribution is 2.24. The van der Waals surface area contributed by atoms with Crippen LogP contribution in [0.15, 0.2) is 54.6 Å². The number of carboxylic acid groups (broad SMARTS) is 1. The number of aliphatic carboxylic acids is 1. The average Bonchev–Trinajstić information content (AvgIpc) is 2.93. The Morgan fingerprint density at radius 2 is 1.87 bits per heavy atom. The fraction of sp³-hybridized carbons (Fsp3) is 0.222. The molecule has 0 fully saturated rings. The third-order valence-corrected chi connectivity index (χ3v) is 3.76. The van der Waals surface area contributed by atoms with Gasteiger partial charge in [0, 0.05) is 0 Å². The molecule has 0 spiro atoms. The van der Waals surface area contributed by atoms with Gasteiger partial charge >= 0.3 is 5.97 Å². The zero-order valence-corrected chi connectivity index (χ0v) is 12.8. The summed E-state index contributed by atoms with van der Waals surface area (Å²) in [6.07, 6.45) is 0.480. The topological polar surface area (TPSA) is 64.3 Å². The molecule has 0 aliphatic carbocycles.